The highest BCUT2D eigenvalue weighted by Crippen LogP contribution is 2.43. The van der Waals surface area contributed by atoms with Gasteiger partial charge in [0.25, 0.3) is 0 Å². The van der Waals surface area contributed by atoms with Gasteiger partial charge in [-0.2, -0.15) is 0 Å². The largest absolute Gasteiger partial charge is 0.428 e. The minimum Gasteiger partial charge on any atom is -0.428 e. The molecule has 1 unspecified atom stereocenters. The molecule has 0 aliphatic heterocycles. The summed E-state index contributed by atoms with van der Waals surface area (Å²) in [6.07, 6.45) is 4.59. The predicted molar refractivity (Wildman–Crippen MR) is 44.4 cm³/mol. The van der Waals surface area contributed by atoms with Crippen LogP contribution >= 0.6 is 0 Å². The molecular formula is C10H10O2. The van der Waals surface area contributed by atoms with Gasteiger partial charge in [0.1, 0.15) is 5.76 Å². The first kappa shape index (κ1) is 6.46. The highest BCUT2D eigenvalue weighted by atomic mass is 16.4. The van der Waals surface area contributed by atoms with E-state index in [0.29, 0.717) is 5.92 Å². The number of hydrogen-bond donors (Lipinski definition) is 0. The Labute approximate surface area is 70.2 Å². The van der Waals surface area contributed by atoms with Crippen molar-refractivity contribution < 1.29 is 4.42 Å². The quantitative estimate of drug-likeness (QED) is 0.580. The van der Waals surface area contributed by atoms with E-state index in [1.54, 1.807) is 6.07 Å². The summed E-state index contributed by atoms with van der Waals surface area (Å²) in [6.45, 7) is 0. The van der Waals surface area contributed by atoms with Gasteiger partial charge < -0.3 is 4.42 Å². The number of aryl methyl sites for hydroxylation is 1. The molecule has 0 saturated carbocycles. The molecule has 1 aromatic rings. The maximum atomic E-state index is 11.0. The molecule has 0 N–H and O–H groups in total. The summed E-state index contributed by atoms with van der Waals surface area (Å²) in [5.41, 5.74) is 2.45. The first-order chi connectivity index (χ1) is 5.84. The molecule has 2 nitrogen and oxygen atoms in total. The molecule has 0 radical (unpaired) electrons. The van der Waals surface area contributed by atoms with E-state index in [1.807, 2.05) is 0 Å². The molecule has 0 fully saturated rings. The Morgan fingerprint density at radius 2 is 2.42 bits per heavy atom. The van der Waals surface area contributed by atoms with Gasteiger partial charge in [-0.25, -0.2) is 4.79 Å². The Bertz CT molecular complexity index is 389. The molecular weight excluding hydrogens is 152 g/mol. The third-order valence-corrected chi connectivity index (χ3v) is 3.00. The Morgan fingerprint density at radius 3 is 3.33 bits per heavy atom. The first-order valence-corrected chi connectivity index (χ1v) is 4.50. The van der Waals surface area contributed by atoms with Crippen LogP contribution in [0.25, 0.3) is 0 Å². The molecule has 2 aliphatic rings. The van der Waals surface area contributed by atoms with E-state index in [4.69, 9.17) is 4.42 Å². The summed E-state index contributed by atoms with van der Waals surface area (Å²) in [6, 6.07) is 1.67. The van der Waals surface area contributed by atoms with E-state index < -0.39 is 0 Å². The number of rotatable bonds is 0. The maximum Gasteiger partial charge on any atom is 0.336 e. The summed E-state index contributed by atoms with van der Waals surface area (Å²) >= 11 is 0. The van der Waals surface area contributed by atoms with Gasteiger partial charge in [-0.05, 0) is 36.3 Å². The van der Waals surface area contributed by atoms with Crippen LogP contribution in [0.1, 0.15) is 35.6 Å². The Morgan fingerprint density at radius 1 is 1.50 bits per heavy atom. The minimum absolute atomic E-state index is 0.163. The van der Waals surface area contributed by atoms with E-state index in [-0.39, 0.29) is 5.63 Å². The summed E-state index contributed by atoms with van der Waals surface area (Å²) in [5.74, 6) is 1.68. The molecule has 12 heavy (non-hydrogen) atoms. The molecule has 3 rings (SSSR count). The van der Waals surface area contributed by atoms with E-state index in [2.05, 4.69) is 0 Å². The van der Waals surface area contributed by atoms with E-state index in [0.717, 1.165) is 18.6 Å². The van der Waals surface area contributed by atoms with E-state index >= 15 is 0 Å². The molecule has 62 valence electrons. The van der Waals surface area contributed by atoms with E-state index in [1.165, 1.54) is 24.0 Å². The van der Waals surface area contributed by atoms with Gasteiger partial charge in [-0.1, -0.05) is 0 Å². The lowest BCUT2D eigenvalue weighted by molar-refractivity contribution is 0.356. The van der Waals surface area contributed by atoms with Gasteiger partial charge in [-0.15, -0.1) is 0 Å². The van der Waals surface area contributed by atoms with Crippen molar-refractivity contribution in [3.8, 4) is 0 Å². The van der Waals surface area contributed by atoms with Crippen LogP contribution in [0.2, 0.25) is 0 Å². The van der Waals surface area contributed by atoms with Gasteiger partial charge in [-0.3, -0.25) is 0 Å². The average molecular weight is 162 g/mol. The lowest BCUT2D eigenvalue weighted by Gasteiger charge is -2.33. The third kappa shape index (κ3) is 0.675. The highest BCUT2D eigenvalue weighted by molar-refractivity contribution is 5.41. The monoisotopic (exact) mass is 162 g/mol. The predicted octanol–water partition coefficient (Wildman–Crippen LogP) is 1.62. The third-order valence-electron chi connectivity index (χ3n) is 3.00. The second kappa shape index (κ2) is 2.00. The Kier molecular flexibility index (Phi) is 1.08. The van der Waals surface area contributed by atoms with Crippen molar-refractivity contribution in [1.82, 2.24) is 0 Å². The molecule has 0 spiro atoms. The molecule has 1 aromatic heterocycles. The fourth-order valence-electron chi connectivity index (χ4n) is 2.43. The standard InChI is InChI=1S/C10H10O2/c11-9-5-7-3-1-2-6-4-8(12-9)10(6)7/h5-6H,1-4H2. The maximum absolute atomic E-state index is 11.0. The zero-order valence-electron chi connectivity index (χ0n) is 6.80. The molecule has 2 aliphatic carbocycles. The van der Waals surface area contributed by atoms with Crippen LogP contribution in [-0.4, -0.2) is 0 Å². The minimum atomic E-state index is -0.163. The van der Waals surface area contributed by atoms with Crippen molar-refractivity contribution in [1.29, 1.82) is 0 Å². The SMILES string of the molecule is O=c1cc2c3c(o1)CC3CCC2. The van der Waals surface area contributed by atoms with Crippen molar-refractivity contribution in [2.75, 3.05) is 0 Å². The smallest absolute Gasteiger partial charge is 0.336 e. The summed E-state index contributed by atoms with van der Waals surface area (Å²) < 4.78 is 5.09. The van der Waals surface area contributed by atoms with Gasteiger partial charge in [0, 0.05) is 12.5 Å². The molecule has 1 heterocycles. The molecule has 0 saturated heterocycles. The average Bonchev–Trinajstić information content (AvgIpc) is 2.00. The molecule has 1 atom stereocenters. The summed E-state index contributed by atoms with van der Waals surface area (Å²) in [5, 5.41) is 0. The lowest BCUT2D eigenvalue weighted by atomic mass is 9.72. The number of hydrogen-bond acceptors (Lipinski definition) is 2. The fraction of sp³-hybridized carbons (Fsp3) is 0.500. The van der Waals surface area contributed by atoms with Crippen molar-refractivity contribution in [2.45, 2.75) is 31.6 Å². The highest BCUT2D eigenvalue weighted by Gasteiger charge is 2.34. The van der Waals surface area contributed by atoms with Crippen LogP contribution in [0, 0.1) is 0 Å². The summed E-state index contributed by atoms with van der Waals surface area (Å²) in [7, 11) is 0. The molecule has 0 amide bonds. The van der Waals surface area contributed by atoms with Crippen LogP contribution in [0.4, 0.5) is 0 Å². The van der Waals surface area contributed by atoms with Gasteiger partial charge >= 0.3 is 5.63 Å². The fourth-order valence-corrected chi connectivity index (χ4v) is 2.43. The van der Waals surface area contributed by atoms with Gasteiger partial charge in [0.15, 0.2) is 0 Å². The van der Waals surface area contributed by atoms with Crippen LogP contribution in [0.5, 0.6) is 0 Å². The lowest BCUT2D eigenvalue weighted by Crippen LogP contribution is -2.26. The second-order valence-corrected chi connectivity index (χ2v) is 3.72. The first-order valence-electron chi connectivity index (χ1n) is 4.50. The van der Waals surface area contributed by atoms with Crippen LogP contribution in [0.15, 0.2) is 15.3 Å². The zero-order valence-corrected chi connectivity index (χ0v) is 6.80. The van der Waals surface area contributed by atoms with Crippen LogP contribution in [0.3, 0.4) is 0 Å². The Balaban J connectivity index is 2.29. The van der Waals surface area contributed by atoms with Crippen molar-refractivity contribution in [3.63, 3.8) is 0 Å². The molecule has 0 bridgehead atoms. The van der Waals surface area contributed by atoms with Crippen molar-refractivity contribution in [3.05, 3.63) is 33.4 Å². The van der Waals surface area contributed by atoms with E-state index in [9.17, 15) is 4.79 Å². The molecule has 0 aromatic carbocycles. The van der Waals surface area contributed by atoms with Gasteiger partial charge in [0.05, 0.1) is 0 Å². The van der Waals surface area contributed by atoms with Gasteiger partial charge in [0.2, 0.25) is 0 Å². The van der Waals surface area contributed by atoms with Crippen LogP contribution < -0.4 is 5.63 Å². The topological polar surface area (TPSA) is 30.2 Å². The van der Waals surface area contributed by atoms with Crippen molar-refractivity contribution in [2.24, 2.45) is 0 Å². The molecule has 2 heteroatoms. The summed E-state index contributed by atoms with van der Waals surface area (Å²) in [4.78, 5) is 11.0. The second-order valence-electron chi connectivity index (χ2n) is 3.72. The normalized spacial score (nSPS) is 24.5. The Hall–Kier alpha value is -1.05. The zero-order chi connectivity index (χ0) is 8.13. The van der Waals surface area contributed by atoms with Crippen LogP contribution in [-0.2, 0) is 12.8 Å². The van der Waals surface area contributed by atoms with Crippen molar-refractivity contribution >= 4 is 0 Å².